The molecule has 0 aromatic heterocycles. The molecule has 1 heterocycles. The Balaban J connectivity index is 1.67. The summed E-state index contributed by atoms with van der Waals surface area (Å²) in [6.07, 6.45) is 3.77. The summed E-state index contributed by atoms with van der Waals surface area (Å²) in [5, 5.41) is 0.868. The van der Waals surface area contributed by atoms with Gasteiger partial charge < -0.3 is 4.90 Å². The Kier molecular flexibility index (Phi) is 6.52. The highest BCUT2D eigenvalue weighted by Crippen LogP contribution is 2.17. The molecule has 0 N–H and O–H groups in total. The third-order valence-electron chi connectivity index (χ3n) is 4.07. The molecule has 1 amide bonds. The molecule has 116 valence electrons. The van der Waals surface area contributed by atoms with E-state index in [0.29, 0.717) is 12.3 Å². The maximum absolute atomic E-state index is 11.8. The Morgan fingerprint density at radius 1 is 1.19 bits per heavy atom. The van der Waals surface area contributed by atoms with Crippen molar-refractivity contribution in [2.45, 2.75) is 32.6 Å². The first-order valence-corrected chi connectivity index (χ1v) is 8.32. The Bertz CT molecular complexity index is 456. The van der Waals surface area contributed by atoms with E-state index in [1.807, 2.05) is 23.1 Å². The maximum atomic E-state index is 11.8. The van der Waals surface area contributed by atoms with Crippen molar-refractivity contribution < 1.29 is 4.79 Å². The van der Waals surface area contributed by atoms with Crippen LogP contribution in [0.15, 0.2) is 24.3 Å². The number of hydrogen-bond donors (Lipinski definition) is 0. The first-order valence-electron chi connectivity index (χ1n) is 7.94. The molecule has 1 aromatic rings. The molecule has 1 aliphatic rings. The smallest absolute Gasteiger partial charge is 0.222 e. The predicted octanol–water partition coefficient (Wildman–Crippen LogP) is 3.22. The molecule has 1 saturated heterocycles. The molecule has 0 bridgehead atoms. The number of aryl methyl sites for hydroxylation is 1. The molecule has 4 heteroatoms. The summed E-state index contributed by atoms with van der Waals surface area (Å²) < 4.78 is 0. The molecular weight excluding hydrogens is 284 g/mol. The van der Waals surface area contributed by atoms with Crippen LogP contribution in [0.1, 0.15) is 31.7 Å². The van der Waals surface area contributed by atoms with Crippen LogP contribution in [0.5, 0.6) is 0 Å². The number of rotatable bonds is 6. The fourth-order valence-corrected chi connectivity index (χ4v) is 3.02. The summed E-state index contributed by atoms with van der Waals surface area (Å²) in [5.41, 5.74) is 1.23. The SMILES string of the molecule is CCCC(=O)N1CCN(CCCc2ccccc2Cl)CC1. The quantitative estimate of drug-likeness (QED) is 0.805. The van der Waals surface area contributed by atoms with Crippen molar-refractivity contribution in [3.63, 3.8) is 0 Å². The van der Waals surface area contributed by atoms with Gasteiger partial charge in [0.05, 0.1) is 0 Å². The van der Waals surface area contributed by atoms with Crippen molar-refractivity contribution in [3.8, 4) is 0 Å². The first kappa shape index (κ1) is 16.3. The minimum atomic E-state index is 0.313. The number of halogens is 1. The van der Waals surface area contributed by atoms with Crippen LogP contribution in [0.4, 0.5) is 0 Å². The second-order valence-corrected chi connectivity index (χ2v) is 6.07. The van der Waals surface area contributed by atoms with Gasteiger partial charge in [-0.25, -0.2) is 0 Å². The number of piperazine rings is 1. The van der Waals surface area contributed by atoms with E-state index in [9.17, 15) is 4.79 Å². The highest BCUT2D eigenvalue weighted by molar-refractivity contribution is 6.31. The predicted molar refractivity (Wildman–Crippen MR) is 87.7 cm³/mol. The molecule has 0 saturated carbocycles. The Hall–Kier alpha value is -1.06. The molecule has 1 aliphatic heterocycles. The summed E-state index contributed by atoms with van der Waals surface area (Å²) in [5.74, 6) is 0.313. The topological polar surface area (TPSA) is 23.6 Å². The highest BCUT2D eigenvalue weighted by atomic mass is 35.5. The third-order valence-corrected chi connectivity index (χ3v) is 4.44. The van der Waals surface area contributed by atoms with Crippen LogP contribution >= 0.6 is 11.6 Å². The van der Waals surface area contributed by atoms with Crippen LogP contribution in [-0.4, -0.2) is 48.4 Å². The van der Waals surface area contributed by atoms with Gasteiger partial charge in [-0.15, -0.1) is 0 Å². The van der Waals surface area contributed by atoms with Crippen molar-refractivity contribution in [2.24, 2.45) is 0 Å². The zero-order chi connectivity index (χ0) is 15.1. The lowest BCUT2D eigenvalue weighted by atomic mass is 10.1. The Labute approximate surface area is 132 Å². The van der Waals surface area contributed by atoms with Crippen LogP contribution in [0, 0.1) is 0 Å². The van der Waals surface area contributed by atoms with Crippen LogP contribution in [0.3, 0.4) is 0 Å². The number of carbonyl (C=O) groups is 1. The lowest BCUT2D eigenvalue weighted by molar-refractivity contribution is -0.132. The van der Waals surface area contributed by atoms with E-state index in [0.717, 1.165) is 57.0 Å². The summed E-state index contributed by atoms with van der Waals surface area (Å²) in [6, 6.07) is 8.07. The van der Waals surface area contributed by atoms with Crippen LogP contribution in [-0.2, 0) is 11.2 Å². The molecule has 1 fully saturated rings. The minimum Gasteiger partial charge on any atom is -0.340 e. The van der Waals surface area contributed by atoms with Gasteiger partial charge >= 0.3 is 0 Å². The van der Waals surface area contributed by atoms with E-state index in [-0.39, 0.29) is 0 Å². The van der Waals surface area contributed by atoms with E-state index in [4.69, 9.17) is 11.6 Å². The van der Waals surface area contributed by atoms with Crippen LogP contribution < -0.4 is 0 Å². The molecule has 0 atom stereocenters. The standard InChI is InChI=1S/C17H25ClN2O/c1-2-6-17(21)20-13-11-19(12-14-20)10-5-8-15-7-3-4-9-16(15)18/h3-4,7,9H,2,5-6,8,10-14H2,1H3. The van der Waals surface area contributed by atoms with Crippen molar-refractivity contribution in [3.05, 3.63) is 34.9 Å². The number of nitrogens with zero attached hydrogens (tertiary/aromatic N) is 2. The summed E-state index contributed by atoms with van der Waals surface area (Å²) >= 11 is 6.17. The van der Waals surface area contributed by atoms with Gasteiger partial charge in [0, 0.05) is 37.6 Å². The van der Waals surface area contributed by atoms with Crippen molar-refractivity contribution in [1.29, 1.82) is 0 Å². The molecule has 2 rings (SSSR count). The van der Waals surface area contributed by atoms with Crippen molar-refractivity contribution >= 4 is 17.5 Å². The number of hydrogen-bond acceptors (Lipinski definition) is 2. The van der Waals surface area contributed by atoms with E-state index >= 15 is 0 Å². The second-order valence-electron chi connectivity index (χ2n) is 5.67. The van der Waals surface area contributed by atoms with E-state index in [1.54, 1.807) is 0 Å². The second kappa shape index (κ2) is 8.40. The van der Waals surface area contributed by atoms with Crippen molar-refractivity contribution in [1.82, 2.24) is 9.80 Å². The van der Waals surface area contributed by atoms with Gasteiger partial charge in [0.15, 0.2) is 0 Å². The minimum absolute atomic E-state index is 0.313. The van der Waals surface area contributed by atoms with Gasteiger partial charge in [-0.3, -0.25) is 9.69 Å². The maximum Gasteiger partial charge on any atom is 0.222 e. The van der Waals surface area contributed by atoms with Gasteiger partial charge in [-0.05, 0) is 37.4 Å². The summed E-state index contributed by atoms with van der Waals surface area (Å²) in [4.78, 5) is 16.3. The Morgan fingerprint density at radius 3 is 2.57 bits per heavy atom. The fraction of sp³-hybridized carbons (Fsp3) is 0.588. The largest absolute Gasteiger partial charge is 0.340 e. The van der Waals surface area contributed by atoms with Gasteiger partial charge in [-0.1, -0.05) is 36.7 Å². The van der Waals surface area contributed by atoms with Gasteiger partial charge in [0.25, 0.3) is 0 Å². The van der Waals surface area contributed by atoms with E-state index < -0.39 is 0 Å². The zero-order valence-corrected chi connectivity index (χ0v) is 13.6. The average molecular weight is 309 g/mol. The number of carbonyl (C=O) groups excluding carboxylic acids is 1. The molecule has 0 aliphatic carbocycles. The van der Waals surface area contributed by atoms with Gasteiger partial charge in [0.1, 0.15) is 0 Å². The van der Waals surface area contributed by atoms with Crippen LogP contribution in [0.2, 0.25) is 5.02 Å². The third kappa shape index (κ3) is 5.01. The number of benzene rings is 1. The summed E-state index contributed by atoms with van der Waals surface area (Å²) in [6.45, 7) is 6.90. The Morgan fingerprint density at radius 2 is 1.90 bits per heavy atom. The molecule has 0 radical (unpaired) electrons. The normalized spacial score (nSPS) is 16.2. The highest BCUT2D eigenvalue weighted by Gasteiger charge is 2.19. The van der Waals surface area contributed by atoms with Crippen LogP contribution in [0.25, 0.3) is 0 Å². The molecule has 21 heavy (non-hydrogen) atoms. The monoisotopic (exact) mass is 308 g/mol. The number of amides is 1. The molecule has 3 nitrogen and oxygen atoms in total. The lowest BCUT2D eigenvalue weighted by Crippen LogP contribution is -2.48. The summed E-state index contributed by atoms with van der Waals surface area (Å²) in [7, 11) is 0. The first-order chi connectivity index (χ1) is 10.2. The average Bonchev–Trinajstić information content (AvgIpc) is 2.50. The van der Waals surface area contributed by atoms with E-state index in [1.165, 1.54) is 5.56 Å². The zero-order valence-electron chi connectivity index (χ0n) is 12.9. The molecule has 0 spiro atoms. The fourth-order valence-electron chi connectivity index (χ4n) is 2.79. The molecule has 1 aromatic carbocycles. The van der Waals surface area contributed by atoms with Gasteiger partial charge in [-0.2, -0.15) is 0 Å². The molecular formula is C17H25ClN2O. The van der Waals surface area contributed by atoms with Crippen molar-refractivity contribution in [2.75, 3.05) is 32.7 Å². The molecule has 0 unspecified atom stereocenters. The van der Waals surface area contributed by atoms with E-state index in [2.05, 4.69) is 17.9 Å². The van der Waals surface area contributed by atoms with Gasteiger partial charge in [0.2, 0.25) is 5.91 Å². The lowest BCUT2D eigenvalue weighted by Gasteiger charge is -2.34.